The van der Waals surface area contributed by atoms with Gasteiger partial charge in [-0.25, -0.2) is 26.6 Å². The van der Waals surface area contributed by atoms with Crippen LogP contribution >= 0.6 is 11.6 Å². The van der Waals surface area contributed by atoms with Crippen LogP contribution in [0.5, 0.6) is 0 Å². The molecule has 0 aliphatic heterocycles. The van der Waals surface area contributed by atoms with Crippen molar-refractivity contribution in [2.24, 2.45) is 5.92 Å². The highest BCUT2D eigenvalue weighted by atomic mass is 35.5. The van der Waals surface area contributed by atoms with Gasteiger partial charge in [-0.15, -0.1) is 0 Å². The number of halogens is 4. The standard InChI is InChI=1S/C17H18ClF3N2O3S/c1-9-16(27(2,24)25)23-15(22-9)14(11-3-4-13(19)12(18)5-11)26-8-10-6-17(20,21)7-10/h3-5,10,14H,6-8H2,1-2H3,(H,22,23). The molecule has 2 aromatic rings. The van der Waals surface area contributed by atoms with E-state index in [1.54, 1.807) is 6.92 Å². The summed E-state index contributed by atoms with van der Waals surface area (Å²) >= 11 is 5.84. The Morgan fingerprint density at radius 3 is 2.59 bits per heavy atom. The van der Waals surface area contributed by atoms with Gasteiger partial charge in [0.2, 0.25) is 5.92 Å². The van der Waals surface area contributed by atoms with Crippen molar-refractivity contribution in [2.75, 3.05) is 12.9 Å². The molecule has 0 amide bonds. The van der Waals surface area contributed by atoms with E-state index in [0.717, 1.165) is 12.3 Å². The van der Waals surface area contributed by atoms with E-state index in [1.807, 2.05) is 0 Å². The van der Waals surface area contributed by atoms with Crippen LogP contribution in [0, 0.1) is 18.7 Å². The molecule has 27 heavy (non-hydrogen) atoms. The summed E-state index contributed by atoms with van der Waals surface area (Å²) in [5, 5.41) is -0.266. The molecular weight excluding hydrogens is 405 g/mol. The molecule has 1 aliphatic carbocycles. The molecule has 1 heterocycles. The zero-order valence-electron chi connectivity index (χ0n) is 14.6. The molecular formula is C17H18ClF3N2O3S. The number of sulfone groups is 1. The Balaban J connectivity index is 1.91. The summed E-state index contributed by atoms with van der Waals surface area (Å²) < 4.78 is 69.0. The second-order valence-electron chi connectivity index (χ2n) is 6.84. The number of imidazole rings is 1. The SMILES string of the molecule is Cc1[nH]c(C(OCC2CC(F)(F)C2)c2ccc(F)c(Cl)c2)nc1S(C)(=O)=O. The molecule has 10 heteroatoms. The Bertz CT molecular complexity index is 954. The van der Waals surface area contributed by atoms with Crippen molar-refractivity contribution in [3.05, 3.63) is 46.1 Å². The number of nitrogens with one attached hydrogen (secondary N) is 1. The number of benzene rings is 1. The van der Waals surface area contributed by atoms with Crippen LogP contribution < -0.4 is 0 Å². The van der Waals surface area contributed by atoms with Crippen molar-refractivity contribution in [1.82, 2.24) is 9.97 Å². The Morgan fingerprint density at radius 2 is 2.07 bits per heavy atom. The third kappa shape index (κ3) is 4.47. The van der Waals surface area contributed by atoms with Crippen LogP contribution in [0.4, 0.5) is 13.2 Å². The first-order chi connectivity index (χ1) is 12.5. The largest absolute Gasteiger partial charge is 0.365 e. The molecule has 1 atom stereocenters. The fourth-order valence-electron chi connectivity index (χ4n) is 3.10. The summed E-state index contributed by atoms with van der Waals surface area (Å²) in [6.45, 7) is 1.58. The van der Waals surface area contributed by atoms with Crippen LogP contribution in [0.3, 0.4) is 0 Å². The molecule has 1 saturated carbocycles. The molecule has 1 aromatic carbocycles. The summed E-state index contributed by atoms with van der Waals surface area (Å²) in [7, 11) is -3.57. The Hall–Kier alpha value is -1.58. The van der Waals surface area contributed by atoms with Gasteiger partial charge in [0, 0.05) is 19.1 Å². The predicted octanol–water partition coefficient (Wildman–Crippen LogP) is 4.07. The van der Waals surface area contributed by atoms with Crippen molar-refractivity contribution < 1.29 is 26.3 Å². The van der Waals surface area contributed by atoms with Gasteiger partial charge < -0.3 is 9.72 Å². The van der Waals surface area contributed by atoms with Crippen molar-refractivity contribution >= 4 is 21.4 Å². The number of hydrogen-bond donors (Lipinski definition) is 1. The minimum atomic E-state index is -3.57. The third-order valence-electron chi connectivity index (χ3n) is 4.38. The topological polar surface area (TPSA) is 72.0 Å². The van der Waals surface area contributed by atoms with E-state index in [-0.39, 0.29) is 41.2 Å². The lowest BCUT2D eigenvalue weighted by Crippen LogP contribution is -2.38. The van der Waals surface area contributed by atoms with E-state index in [4.69, 9.17) is 16.3 Å². The molecule has 1 aliphatic rings. The third-order valence-corrected chi connectivity index (χ3v) is 5.77. The molecule has 0 radical (unpaired) electrons. The average molecular weight is 423 g/mol. The van der Waals surface area contributed by atoms with Gasteiger partial charge in [0.05, 0.1) is 17.3 Å². The van der Waals surface area contributed by atoms with Crippen LogP contribution in [-0.4, -0.2) is 37.2 Å². The summed E-state index contributed by atoms with van der Waals surface area (Å²) in [6.07, 6.45) is -0.404. The molecule has 148 valence electrons. The minimum Gasteiger partial charge on any atom is -0.365 e. The molecule has 1 aromatic heterocycles. The second kappa shape index (κ2) is 7.10. The number of aromatic nitrogens is 2. The fraction of sp³-hybridized carbons (Fsp3) is 0.471. The molecule has 1 N–H and O–H groups in total. The molecule has 1 fully saturated rings. The quantitative estimate of drug-likeness (QED) is 0.761. The first-order valence-corrected chi connectivity index (χ1v) is 10.4. The van der Waals surface area contributed by atoms with Crippen molar-refractivity contribution in [3.63, 3.8) is 0 Å². The van der Waals surface area contributed by atoms with E-state index < -0.39 is 27.7 Å². The van der Waals surface area contributed by atoms with Gasteiger partial charge in [0.25, 0.3) is 0 Å². The maximum Gasteiger partial charge on any atom is 0.248 e. The monoisotopic (exact) mass is 422 g/mol. The summed E-state index contributed by atoms with van der Waals surface area (Å²) in [4.78, 5) is 6.97. The maximum atomic E-state index is 13.5. The second-order valence-corrected chi connectivity index (χ2v) is 9.18. The predicted molar refractivity (Wildman–Crippen MR) is 93.3 cm³/mol. The summed E-state index contributed by atoms with van der Waals surface area (Å²) in [6, 6.07) is 3.92. The van der Waals surface area contributed by atoms with E-state index in [0.29, 0.717) is 11.3 Å². The van der Waals surface area contributed by atoms with E-state index in [1.165, 1.54) is 12.1 Å². The van der Waals surface area contributed by atoms with Crippen molar-refractivity contribution in [2.45, 2.75) is 36.8 Å². The van der Waals surface area contributed by atoms with Gasteiger partial charge in [-0.1, -0.05) is 17.7 Å². The molecule has 5 nitrogen and oxygen atoms in total. The molecule has 0 bridgehead atoms. The lowest BCUT2D eigenvalue weighted by atomic mass is 9.82. The summed E-state index contributed by atoms with van der Waals surface area (Å²) in [5.41, 5.74) is 0.755. The molecule has 0 spiro atoms. The van der Waals surface area contributed by atoms with Gasteiger partial charge in [0.15, 0.2) is 14.9 Å². The number of alkyl halides is 2. The lowest BCUT2D eigenvalue weighted by Gasteiger charge is -2.35. The highest BCUT2D eigenvalue weighted by Crippen LogP contribution is 2.43. The number of hydrogen-bond acceptors (Lipinski definition) is 4. The number of aromatic amines is 1. The van der Waals surface area contributed by atoms with Gasteiger partial charge >= 0.3 is 0 Å². The smallest absolute Gasteiger partial charge is 0.248 e. The number of rotatable bonds is 6. The first kappa shape index (κ1) is 20.2. The summed E-state index contributed by atoms with van der Waals surface area (Å²) in [5.74, 6) is -3.43. The number of H-pyrrole nitrogens is 1. The zero-order chi connectivity index (χ0) is 20.0. The molecule has 0 saturated heterocycles. The van der Waals surface area contributed by atoms with Gasteiger partial charge in [-0.2, -0.15) is 0 Å². The van der Waals surface area contributed by atoms with Gasteiger partial charge in [0.1, 0.15) is 17.7 Å². The normalized spacial score (nSPS) is 18.3. The van der Waals surface area contributed by atoms with Crippen LogP contribution in [0.25, 0.3) is 0 Å². The highest BCUT2D eigenvalue weighted by molar-refractivity contribution is 7.90. The van der Waals surface area contributed by atoms with Crippen LogP contribution in [0.1, 0.15) is 36.0 Å². The first-order valence-electron chi connectivity index (χ1n) is 8.17. The number of aryl methyl sites for hydroxylation is 1. The molecule has 3 rings (SSSR count). The Kier molecular flexibility index (Phi) is 5.31. The van der Waals surface area contributed by atoms with Crippen LogP contribution in [0.2, 0.25) is 5.02 Å². The van der Waals surface area contributed by atoms with E-state index >= 15 is 0 Å². The van der Waals surface area contributed by atoms with Crippen molar-refractivity contribution in [3.8, 4) is 0 Å². The van der Waals surface area contributed by atoms with Gasteiger partial charge in [-0.05, 0) is 30.5 Å². The Labute approximate surface area is 159 Å². The number of nitrogens with zero attached hydrogens (tertiary/aromatic N) is 1. The van der Waals surface area contributed by atoms with Gasteiger partial charge in [-0.3, -0.25) is 0 Å². The average Bonchev–Trinajstić information content (AvgIpc) is 2.91. The fourth-order valence-corrected chi connectivity index (χ4v) is 4.16. The van der Waals surface area contributed by atoms with E-state index in [9.17, 15) is 21.6 Å². The van der Waals surface area contributed by atoms with Crippen LogP contribution in [0.15, 0.2) is 23.2 Å². The highest BCUT2D eigenvalue weighted by Gasteiger charge is 2.45. The van der Waals surface area contributed by atoms with E-state index in [2.05, 4.69) is 9.97 Å². The minimum absolute atomic E-state index is 0.0310. The maximum absolute atomic E-state index is 13.5. The lowest BCUT2D eigenvalue weighted by molar-refractivity contribution is -0.133. The van der Waals surface area contributed by atoms with Crippen molar-refractivity contribution in [1.29, 1.82) is 0 Å². The Morgan fingerprint density at radius 1 is 1.41 bits per heavy atom. The molecule has 1 unspecified atom stereocenters. The number of ether oxygens (including phenoxy) is 1. The van der Waals surface area contributed by atoms with Crippen LogP contribution in [-0.2, 0) is 14.6 Å². The zero-order valence-corrected chi connectivity index (χ0v) is 16.2.